The molecular weight excluding hydrogens is 426 g/mol. The Labute approximate surface area is 181 Å². The number of nitro groups is 1. The number of aromatic nitrogens is 1. The number of nitrogens with one attached hydrogen (secondary N) is 1. The van der Waals surface area contributed by atoms with E-state index in [2.05, 4.69) is 10.3 Å². The summed E-state index contributed by atoms with van der Waals surface area (Å²) in [4.78, 5) is 30.1. The van der Waals surface area contributed by atoms with E-state index >= 15 is 0 Å². The number of carbonyl (C=O) groups excluding carboxylic acids is 1. The molecule has 30 heavy (non-hydrogen) atoms. The molecule has 0 saturated carbocycles. The van der Waals surface area contributed by atoms with Gasteiger partial charge in [0.25, 0.3) is 11.6 Å². The molecule has 0 aliphatic rings. The minimum Gasteiger partial charge on any atom is -0.493 e. The number of rotatable bonds is 9. The van der Waals surface area contributed by atoms with Crippen LogP contribution in [0, 0.1) is 17.0 Å². The number of nitro benzene ring substituents is 1. The van der Waals surface area contributed by atoms with Crippen molar-refractivity contribution in [3.8, 4) is 22.1 Å². The Hall–Kier alpha value is -2.98. The highest BCUT2D eigenvalue weighted by Crippen LogP contribution is 2.35. The first-order valence-electron chi connectivity index (χ1n) is 9.21. The molecule has 3 aromatic rings. The van der Waals surface area contributed by atoms with Crippen LogP contribution in [0.4, 0.5) is 5.69 Å². The molecule has 2 aromatic heterocycles. The number of hydrogen-bond acceptors (Lipinski definition) is 8. The first-order valence-corrected chi connectivity index (χ1v) is 10.9. The Balaban J connectivity index is 1.69. The Morgan fingerprint density at radius 3 is 2.73 bits per heavy atom. The third-order valence-electron chi connectivity index (χ3n) is 4.21. The van der Waals surface area contributed by atoms with E-state index < -0.39 is 10.8 Å². The van der Waals surface area contributed by atoms with Crippen LogP contribution in [0.1, 0.15) is 27.2 Å². The van der Waals surface area contributed by atoms with Gasteiger partial charge in [-0.2, -0.15) is 0 Å². The van der Waals surface area contributed by atoms with Crippen molar-refractivity contribution in [3.63, 3.8) is 0 Å². The number of ether oxygens (including phenoxy) is 2. The van der Waals surface area contributed by atoms with Gasteiger partial charge in [-0.1, -0.05) is 0 Å². The molecule has 1 aromatic carbocycles. The summed E-state index contributed by atoms with van der Waals surface area (Å²) in [7, 11) is 1.39. The van der Waals surface area contributed by atoms with Crippen LogP contribution in [0.25, 0.3) is 10.6 Å². The van der Waals surface area contributed by atoms with Crippen molar-refractivity contribution in [2.75, 3.05) is 20.3 Å². The molecule has 0 unspecified atom stereocenters. The maximum atomic E-state index is 12.6. The molecule has 0 aliphatic heterocycles. The minimum atomic E-state index is -0.603. The second-order valence-corrected chi connectivity index (χ2v) is 8.46. The van der Waals surface area contributed by atoms with E-state index in [1.807, 2.05) is 24.4 Å². The van der Waals surface area contributed by atoms with Crippen molar-refractivity contribution < 1.29 is 19.2 Å². The fourth-order valence-corrected chi connectivity index (χ4v) is 4.49. The molecular formula is C20H21N3O5S2. The monoisotopic (exact) mass is 447 g/mol. The van der Waals surface area contributed by atoms with Crippen LogP contribution >= 0.6 is 22.7 Å². The maximum absolute atomic E-state index is 12.6. The van der Waals surface area contributed by atoms with Crippen molar-refractivity contribution in [2.24, 2.45) is 0 Å². The average Bonchev–Trinajstić information content (AvgIpc) is 3.36. The van der Waals surface area contributed by atoms with Crippen molar-refractivity contribution in [2.45, 2.75) is 20.3 Å². The van der Waals surface area contributed by atoms with Gasteiger partial charge in [-0.05, 0) is 32.4 Å². The summed E-state index contributed by atoms with van der Waals surface area (Å²) in [6.45, 7) is 4.44. The largest absolute Gasteiger partial charge is 0.493 e. The number of carbonyl (C=O) groups is 1. The minimum absolute atomic E-state index is 0.0610. The maximum Gasteiger partial charge on any atom is 0.286 e. The fraction of sp³-hybridized carbons (Fsp3) is 0.300. The summed E-state index contributed by atoms with van der Waals surface area (Å²) in [5, 5.41) is 17.2. The molecule has 8 nitrogen and oxygen atoms in total. The standard InChI is InChI=1S/C20H21N3O5S2/c1-4-28-18-9-14(16(23(25)26)10-17(18)27-3)20(24)21-8-7-13-5-6-19(30-13)15-11-29-12(2)22-15/h5-6,9-11H,4,7-8H2,1-3H3,(H,21,24). The highest BCUT2D eigenvalue weighted by Gasteiger charge is 2.24. The highest BCUT2D eigenvalue weighted by molar-refractivity contribution is 7.16. The third-order valence-corrected chi connectivity index (χ3v) is 6.15. The lowest BCUT2D eigenvalue weighted by Gasteiger charge is -2.12. The predicted octanol–water partition coefficient (Wildman–Crippen LogP) is 4.47. The number of hydrogen-bond donors (Lipinski definition) is 1. The molecule has 1 N–H and O–H groups in total. The number of methoxy groups -OCH3 is 1. The van der Waals surface area contributed by atoms with E-state index in [4.69, 9.17) is 9.47 Å². The highest BCUT2D eigenvalue weighted by atomic mass is 32.1. The second-order valence-electron chi connectivity index (χ2n) is 6.23. The Kier molecular flexibility index (Phi) is 7.01. The second kappa shape index (κ2) is 9.68. The van der Waals surface area contributed by atoms with Crippen LogP contribution in [-0.4, -0.2) is 36.1 Å². The van der Waals surface area contributed by atoms with Crippen LogP contribution in [0.15, 0.2) is 29.6 Å². The Bertz CT molecular complexity index is 1060. The summed E-state index contributed by atoms with van der Waals surface area (Å²) in [6, 6.07) is 6.58. The Morgan fingerprint density at radius 1 is 1.30 bits per heavy atom. The topological polar surface area (TPSA) is 104 Å². The van der Waals surface area contributed by atoms with Gasteiger partial charge in [0, 0.05) is 22.9 Å². The normalized spacial score (nSPS) is 10.6. The molecule has 0 fully saturated rings. The lowest BCUT2D eigenvalue weighted by atomic mass is 10.1. The molecule has 0 spiro atoms. The van der Waals surface area contributed by atoms with Gasteiger partial charge in [-0.25, -0.2) is 4.98 Å². The fourth-order valence-electron chi connectivity index (χ4n) is 2.83. The van der Waals surface area contributed by atoms with E-state index in [9.17, 15) is 14.9 Å². The molecule has 0 atom stereocenters. The summed E-state index contributed by atoms with van der Waals surface area (Å²) in [6.07, 6.45) is 0.613. The van der Waals surface area contributed by atoms with Gasteiger partial charge >= 0.3 is 0 Å². The van der Waals surface area contributed by atoms with Crippen LogP contribution in [0.2, 0.25) is 0 Å². The van der Waals surface area contributed by atoms with Crippen molar-refractivity contribution in [1.29, 1.82) is 0 Å². The number of nitrogens with zero attached hydrogens (tertiary/aromatic N) is 2. The zero-order valence-electron chi connectivity index (χ0n) is 16.8. The molecule has 1 amide bonds. The third kappa shape index (κ3) is 4.95. The first-order chi connectivity index (χ1) is 14.4. The van der Waals surface area contributed by atoms with Crippen LogP contribution < -0.4 is 14.8 Å². The molecule has 0 bridgehead atoms. The van der Waals surface area contributed by atoms with E-state index in [0.29, 0.717) is 19.6 Å². The van der Waals surface area contributed by atoms with Crippen LogP contribution in [0.5, 0.6) is 11.5 Å². The summed E-state index contributed by atoms with van der Waals surface area (Å²) >= 11 is 3.22. The van der Waals surface area contributed by atoms with Crippen LogP contribution in [0.3, 0.4) is 0 Å². The first kappa shape index (κ1) is 21.7. The van der Waals surface area contributed by atoms with Crippen molar-refractivity contribution in [3.05, 3.63) is 55.2 Å². The predicted molar refractivity (Wildman–Crippen MR) is 117 cm³/mol. The molecule has 10 heteroatoms. The SMILES string of the molecule is CCOc1cc(C(=O)NCCc2ccc(-c3csc(C)n3)s2)c([N+](=O)[O-])cc1OC. The van der Waals surface area contributed by atoms with Gasteiger partial charge in [0.1, 0.15) is 5.56 Å². The zero-order chi connectivity index (χ0) is 21.7. The van der Waals surface area contributed by atoms with Gasteiger partial charge in [0.15, 0.2) is 11.5 Å². The number of benzene rings is 1. The summed E-state index contributed by atoms with van der Waals surface area (Å²) in [5.74, 6) is -0.0297. The molecule has 0 saturated heterocycles. The number of aryl methyl sites for hydroxylation is 1. The molecule has 0 radical (unpaired) electrons. The summed E-state index contributed by atoms with van der Waals surface area (Å²) in [5.41, 5.74) is 0.564. The smallest absolute Gasteiger partial charge is 0.286 e. The zero-order valence-corrected chi connectivity index (χ0v) is 18.4. The van der Waals surface area contributed by atoms with Gasteiger partial charge in [-0.3, -0.25) is 14.9 Å². The number of amides is 1. The van der Waals surface area contributed by atoms with Crippen molar-refractivity contribution in [1.82, 2.24) is 10.3 Å². The quantitative estimate of drug-likeness (QED) is 0.383. The lowest BCUT2D eigenvalue weighted by molar-refractivity contribution is -0.385. The van der Waals surface area contributed by atoms with Gasteiger partial charge < -0.3 is 14.8 Å². The van der Waals surface area contributed by atoms with E-state index in [1.165, 1.54) is 19.2 Å². The number of thiophene rings is 1. The summed E-state index contributed by atoms with van der Waals surface area (Å²) < 4.78 is 10.6. The van der Waals surface area contributed by atoms with Gasteiger partial charge in [-0.15, -0.1) is 22.7 Å². The number of thiazole rings is 1. The average molecular weight is 448 g/mol. The molecule has 2 heterocycles. The molecule has 158 valence electrons. The van der Waals surface area contributed by atoms with Crippen LogP contribution in [-0.2, 0) is 6.42 Å². The molecule has 3 rings (SSSR count). The Morgan fingerprint density at radius 2 is 2.10 bits per heavy atom. The lowest BCUT2D eigenvalue weighted by Crippen LogP contribution is -2.26. The van der Waals surface area contributed by atoms with E-state index in [0.717, 1.165) is 20.5 Å². The van der Waals surface area contributed by atoms with Gasteiger partial charge in [0.2, 0.25) is 0 Å². The van der Waals surface area contributed by atoms with E-state index in [1.54, 1.807) is 29.6 Å². The van der Waals surface area contributed by atoms with E-state index in [-0.39, 0.29) is 22.7 Å². The van der Waals surface area contributed by atoms with Gasteiger partial charge in [0.05, 0.1) is 40.3 Å². The molecule has 0 aliphatic carbocycles. The van der Waals surface area contributed by atoms with Crippen molar-refractivity contribution >= 4 is 34.3 Å².